The van der Waals surface area contributed by atoms with Gasteiger partial charge >= 0.3 is 0 Å². The maximum Gasteiger partial charge on any atom is 0.165 e. The lowest BCUT2D eigenvalue weighted by molar-refractivity contribution is 0.671. The Morgan fingerprint density at radius 3 is 2.24 bits per heavy atom. The highest BCUT2D eigenvalue weighted by atomic mass is 16.3. The average Bonchev–Trinajstić information content (AvgIpc) is 3.53. The molecule has 4 aromatic heterocycles. The monoisotopic (exact) mass is 433 g/mol. The van der Waals surface area contributed by atoms with E-state index in [4.69, 9.17) is 14.4 Å². The van der Waals surface area contributed by atoms with Gasteiger partial charge in [-0.3, -0.25) is 4.40 Å². The molecule has 0 atom stereocenters. The van der Waals surface area contributed by atoms with Crippen molar-refractivity contribution in [2.24, 2.45) is 0 Å². The molecule has 0 saturated carbocycles. The Balaban J connectivity index is 1.68. The molecule has 0 amide bonds. The number of furan rings is 1. The fourth-order valence-corrected chi connectivity index (χ4v) is 5.87. The molecule has 0 aliphatic rings. The fourth-order valence-electron chi connectivity index (χ4n) is 5.87. The number of para-hydroxylation sites is 3. The molecule has 34 heavy (non-hydrogen) atoms. The van der Waals surface area contributed by atoms with Crippen LogP contribution in [0.1, 0.15) is 0 Å². The van der Waals surface area contributed by atoms with Gasteiger partial charge in [0, 0.05) is 26.9 Å². The highest BCUT2D eigenvalue weighted by molar-refractivity contribution is 6.33. The third-order valence-corrected chi connectivity index (χ3v) is 7.28. The van der Waals surface area contributed by atoms with E-state index in [1.165, 1.54) is 21.5 Å². The minimum Gasteiger partial charge on any atom is -0.454 e. The van der Waals surface area contributed by atoms with Crippen molar-refractivity contribution >= 4 is 82.1 Å². The molecule has 0 aliphatic carbocycles. The molecule has 0 unspecified atom stereocenters. The number of nitrogens with zero attached hydrogens (tertiary/aromatic N) is 3. The first kappa shape index (κ1) is 16.9. The van der Waals surface area contributed by atoms with E-state index in [1.807, 2.05) is 36.4 Å². The second kappa shape index (κ2) is 5.61. The Hall–Kier alpha value is -4.70. The largest absolute Gasteiger partial charge is 0.454 e. The maximum absolute atomic E-state index is 6.51. The highest BCUT2D eigenvalue weighted by Gasteiger charge is 2.24. The normalized spacial score (nSPS) is 12.7. The summed E-state index contributed by atoms with van der Waals surface area (Å²) < 4.78 is 8.79. The minimum absolute atomic E-state index is 0.872. The SMILES string of the molecule is c1ccc2c(c1)cc1c3nc4ccccc4nc3n3c4c(ccc5c6ccccc6oc54)c2c13. The van der Waals surface area contributed by atoms with Crippen LogP contribution in [0.25, 0.3) is 82.1 Å². The second-order valence-electron chi connectivity index (χ2n) is 9.03. The summed E-state index contributed by atoms with van der Waals surface area (Å²) in [6.07, 6.45) is 0. The Morgan fingerprint density at radius 1 is 0.588 bits per heavy atom. The number of aromatic nitrogens is 3. The van der Waals surface area contributed by atoms with E-state index in [9.17, 15) is 0 Å². The molecule has 0 radical (unpaired) electrons. The third kappa shape index (κ3) is 1.84. The van der Waals surface area contributed by atoms with Crippen molar-refractivity contribution in [2.45, 2.75) is 0 Å². The van der Waals surface area contributed by atoms with Crippen molar-refractivity contribution in [3.63, 3.8) is 0 Å². The van der Waals surface area contributed by atoms with Crippen LogP contribution >= 0.6 is 0 Å². The predicted octanol–water partition coefficient (Wildman–Crippen LogP) is 7.83. The van der Waals surface area contributed by atoms with Crippen LogP contribution in [0.4, 0.5) is 0 Å². The molecule has 9 rings (SSSR count). The van der Waals surface area contributed by atoms with Crippen LogP contribution in [0, 0.1) is 0 Å². The van der Waals surface area contributed by atoms with Crippen molar-refractivity contribution in [3.8, 4) is 0 Å². The number of fused-ring (bicyclic) bond motifs is 13. The van der Waals surface area contributed by atoms with E-state index in [2.05, 4.69) is 59.0 Å². The van der Waals surface area contributed by atoms with E-state index in [0.29, 0.717) is 0 Å². The van der Waals surface area contributed by atoms with Gasteiger partial charge in [-0.1, -0.05) is 60.7 Å². The van der Waals surface area contributed by atoms with Crippen LogP contribution in [0.2, 0.25) is 0 Å². The quantitative estimate of drug-likeness (QED) is 0.245. The molecule has 0 saturated heterocycles. The summed E-state index contributed by atoms with van der Waals surface area (Å²) in [6.45, 7) is 0. The van der Waals surface area contributed by atoms with E-state index < -0.39 is 0 Å². The summed E-state index contributed by atoms with van der Waals surface area (Å²) in [5, 5.41) is 8.23. The van der Waals surface area contributed by atoms with Crippen LogP contribution in [-0.2, 0) is 0 Å². The molecule has 9 aromatic rings. The first-order valence-electron chi connectivity index (χ1n) is 11.4. The maximum atomic E-state index is 6.51. The lowest BCUT2D eigenvalue weighted by Crippen LogP contribution is -1.89. The summed E-state index contributed by atoms with van der Waals surface area (Å²) in [5.41, 5.74) is 7.62. The first-order chi connectivity index (χ1) is 16.9. The van der Waals surface area contributed by atoms with Crippen LogP contribution in [0.5, 0.6) is 0 Å². The van der Waals surface area contributed by atoms with Gasteiger partial charge in [0.25, 0.3) is 0 Å². The van der Waals surface area contributed by atoms with E-state index in [-0.39, 0.29) is 0 Å². The molecule has 4 nitrogen and oxygen atoms in total. The summed E-state index contributed by atoms with van der Waals surface area (Å²) >= 11 is 0. The van der Waals surface area contributed by atoms with Gasteiger partial charge in [-0.05, 0) is 41.1 Å². The summed E-state index contributed by atoms with van der Waals surface area (Å²) in [5.74, 6) is 0. The zero-order valence-corrected chi connectivity index (χ0v) is 17.9. The smallest absolute Gasteiger partial charge is 0.165 e. The van der Waals surface area contributed by atoms with Gasteiger partial charge in [-0.25, -0.2) is 9.97 Å². The number of rotatable bonds is 0. The molecular weight excluding hydrogens is 418 g/mol. The molecule has 0 aliphatic heterocycles. The van der Waals surface area contributed by atoms with Gasteiger partial charge in [0.15, 0.2) is 11.2 Å². The fraction of sp³-hybridized carbons (Fsp3) is 0. The number of hydrogen-bond acceptors (Lipinski definition) is 3. The third-order valence-electron chi connectivity index (χ3n) is 7.28. The van der Waals surface area contributed by atoms with Crippen LogP contribution in [-0.4, -0.2) is 14.4 Å². The van der Waals surface area contributed by atoms with E-state index in [0.717, 1.165) is 60.6 Å². The van der Waals surface area contributed by atoms with Crippen LogP contribution in [0.15, 0.2) is 95.4 Å². The minimum atomic E-state index is 0.872. The second-order valence-corrected chi connectivity index (χ2v) is 9.03. The van der Waals surface area contributed by atoms with Crippen molar-refractivity contribution in [2.75, 3.05) is 0 Å². The zero-order chi connectivity index (χ0) is 22.0. The zero-order valence-electron chi connectivity index (χ0n) is 17.9. The summed E-state index contributed by atoms with van der Waals surface area (Å²) in [4.78, 5) is 10.2. The van der Waals surface area contributed by atoms with Crippen molar-refractivity contribution in [1.82, 2.24) is 14.4 Å². The summed E-state index contributed by atoms with van der Waals surface area (Å²) in [6, 6.07) is 31.6. The number of hydrogen-bond donors (Lipinski definition) is 0. The lowest BCUT2D eigenvalue weighted by atomic mass is 10.0. The van der Waals surface area contributed by atoms with E-state index in [1.54, 1.807) is 0 Å². The van der Waals surface area contributed by atoms with Crippen molar-refractivity contribution < 1.29 is 4.42 Å². The van der Waals surface area contributed by atoms with Gasteiger partial charge < -0.3 is 4.42 Å². The highest BCUT2D eigenvalue weighted by Crippen LogP contribution is 2.45. The van der Waals surface area contributed by atoms with E-state index >= 15 is 0 Å². The van der Waals surface area contributed by atoms with Crippen molar-refractivity contribution in [3.05, 3.63) is 91.0 Å². The molecule has 4 heteroatoms. The standard InChI is InChI=1S/C30H15N3O/c1-2-8-17-16(7-1)15-21-26-30(32-23-11-5-4-10-22(23)31-26)33-27(21)25(17)20-14-13-19-18-9-3-6-12-24(18)34-29(19)28(20)33/h1-15H. The van der Waals surface area contributed by atoms with Gasteiger partial charge in [-0.15, -0.1) is 0 Å². The van der Waals surface area contributed by atoms with Crippen LogP contribution in [0.3, 0.4) is 0 Å². The van der Waals surface area contributed by atoms with Crippen LogP contribution < -0.4 is 0 Å². The van der Waals surface area contributed by atoms with Crippen molar-refractivity contribution in [1.29, 1.82) is 0 Å². The number of benzene rings is 5. The molecule has 0 spiro atoms. The predicted molar refractivity (Wildman–Crippen MR) is 139 cm³/mol. The molecule has 4 heterocycles. The summed E-state index contributed by atoms with van der Waals surface area (Å²) in [7, 11) is 0. The van der Waals surface area contributed by atoms with Gasteiger partial charge in [0.1, 0.15) is 11.1 Å². The Morgan fingerprint density at radius 2 is 1.32 bits per heavy atom. The Labute approximate surface area is 192 Å². The van der Waals surface area contributed by atoms with Gasteiger partial charge in [0.05, 0.1) is 22.1 Å². The average molecular weight is 433 g/mol. The Bertz CT molecular complexity index is 2290. The van der Waals surface area contributed by atoms with Gasteiger partial charge in [-0.2, -0.15) is 0 Å². The molecule has 0 bridgehead atoms. The first-order valence-corrected chi connectivity index (χ1v) is 11.4. The lowest BCUT2D eigenvalue weighted by Gasteiger charge is -2.03. The topological polar surface area (TPSA) is 43.3 Å². The molecule has 0 fully saturated rings. The Kier molecular flexibility index (Phi) is 2.78. The molecular formula is C30H15N3O. The molecule has 156 valence electrons. The molecule has 5 aromatic carbocycles. The molecule has 0 N–H and O–H groups in total. The van der Waals surface area contributed by atoms with Gasteiger partial charge in [0.2, 0.25) is 0 Å².